The molecule has 0 spiro atoms. The van der Waals surface area contributed by atoms with Crippen molar-refractivity contribution in [3.63, 3.8) is 0 Å². The van der Waals surface area contributed by atoms with Gasteiger partial charge >= 0.3 is 29.6 Å². The molecule has 0 aliphatic carbocycles. The Morgan fingerprint density at radius 3 is 2.18 bits per heavy atom. The Bertz CT molecular complexity index is 785. The summed E-state index contributed by atoms with van der Waals surface area (Å²) in [4.78, 5) is 0.133. The number of sulfonamides is 1. The van der Waals surface area contributed by atoms with Gasteiger partial charge in [-0.25, -0.2) is 8.42 Å². The fraction of sp³-hybridized carbons (Fsp3) is 0. The first kappa shape index (κ1) is 18.6. The summed E-state index contributed by atoms with van der Waals surface area (Å²) in [6.07, 6.45) is 0. The molecule has 0 fully saturated rings. The van der Waals surface area contributed by atoms with Crippen LogP contribution in [0.15, 0.2) is 59.5 Å². The quantitative estimate of drug-likeness (QED) is 0.654. The van der Waals surface area contributed by atoms with E-state index in [0.29, 0.717) is 11.3 Å². The number of nitrogens with one attached hydrogen (secondary N) is 2. The zero-order valence-electron chi connectivity index (χ0n) is 10.8. The number of benzene rings is 2. The van der Waals surface area contributed by atoms with Gasteiger partial charge in [0, 0.05) is 5.69 Å². The first-order valence-electron chi connectivity index (χ1n) is 5.90. The van der Waals surface area contributed by atoms with Crippen LogP contribution in [0.2, 0.25) is 0 Å². The molecule has 0 bridgehead atoms. The van der Waals surface area contributed by atoms with Gasteiger partial charge in [0.05, 0.1) is 16.5 Å². The van der Waals surface area contributed by atoms with Crippen LogP contribution in [0.3, 0.4) is 0 Å². The second-order valence-corrected chi connectivity index (χ2v) is 6.15. The Hall–Kier alpha value is -1.43. The Kier molecular flexibility index (Phi) is 7.00. The van der Waals surface area contributed by atoms with E-state index in [1.165, 1.54) is 12.1 Å². The van der Waals surface area contributed by atoms with E-state index in [1.807, 2.05) is 6.07 Å². The number of nitriles is 1. The Morgan fingerprint density at radius 1 is 1.05 bits per heavy atom. The third-order valence-electron chi connectivity index (χ3n) is 2.55. The van der Waals surface area contributed by atoms with Crippen molar-refractivity contribution >= 4 is 62.6 Å². The van der Waals surface area contributed by atoms with Gasteiger partial charge in [-0.05, 0) is 48.6 Å². The van der Waals surface area contributed by atoms with Crippen LogP contribution in [-0.4, -0.2) is 43.1 Å². The van der Waals surface area contributed by atoms with Crippen molar-refractivity contribution < 1.29 is 8.42 Å². The summed E-state index contributed by atoms with van der Waals surface area (Å²) < 4.78 is 26.4. The van der Waals surface area contributed by atoms with E-state index in [9.17, 15) is 8.42 Å². The Balaban J connectivity index is 0.00000242. The number of anilines is 1. The van der Waals surface area contributed by atoms with E-state index < -0.39 is 10.0 Å². The van der Waals surface area contributed by atoms with E-state index in [-0.39, 0.29) is 39.6 Å². The van der Waals surface area contributed by atoms with Gasteiger partial charge in [0.25, 0.3) is 10.0 Å². The van der Waals surface area contributed by atoms with Crippen LogP contribution in [0.1, 0.15) is 5.56 Å². The van der Waals surface area contributed by atoms with Gasteiger partial charge in [-0.1, -0.05) is 18.2 Å². The first-order chi connectivity index (χ1) is 10.0. The molecule has 2 rings (SSSR count). The van der Waals surface area contributed by atoms with Crippen LogP contribution < -0.4 is 10.0 Å². The predicted octanol–water partition coefficient (Wildman–Crippen LogP) is 1.59. The van der Waals surface area contributed by atoms with Crippen LogP contribution in [0.5, 0.6) is 0 Å². The molecule has 8 heteroatoms. The normalized spacial score (nSPS) is 9.95. The molecule has 0 aliphatic rings. The van der Waals surface area contributed by atoms with Crippen LogP contribution in [0.4, 0.5) is 5.69 Å². The zero-order chi connectivity index (χ0) is 15.3. The second kappa shape index (κ2) is 8.27. The van der Waals surface area contributed by atoms with Crippen molar-refractivity contribution in [3.8, 4) is 6.07 Å². The summed E-state index contributed by atoms with van der Waals surface area (Å²) in [6.45, 7) is 0. The second-order valence-electron chi connectivity index (χ2n) is 4.06. The van der Waals surface area contributed by atoms with Gasteiger partial charge in [-0.2, -0.15) is 5.26 Å². The maximum absolute atomic E-state index is 12.1. The van der Waals surface area contributed by atoms with Gasteiger partial charge < -0.3 is 5.32 Å². The number of thiocarbonyl (C=S) groups is 1. The van der Waals surface area contributed by atoms with E-state index in [1.54, 1.807) is 42.5 Å². The van der Waals surface area contributed by atoms with Gasteiger partial charge in [0.15, 0.2) is 5.11 Å². The molecule has 0 unspecified atom stereocenters. The van der Waals surface area contributed by atoms with Crippen molar-refractivity contribution in [1.82, 2.24) is 4.72 Å². The average molecular weight is 341 g/mol. The average Bonchev–Trinajstić information content (AvgIpc) is 2.48. The molecule has 0 aliphatic heterocycles. The minimum absolute atomic E-state index is 0. The molecule has 5 nitrogen and oxygen atoms in total. The maximum atomic E-state index is 12.1. The number of nitrogens with zero attached hydrogens (tertiary/aromatic N) is 1. The Labute approximate surface area is 156 Å². The molecule has 0 radical (unpaired) electrons. The molecule has 0 heterocycles. The molecule has 2 N–H and O–H groups in total. The Morgan fingerprint density at radius 2 is 1.64 bits per heavy atom. The molecule has 0 aromatic heterocycles. The molecule has 0 atom stereocenters. The molecule has 22 heavy (non-hydrogen) atoms. The molecule has 108 valence electrons. The van der Waals surface area contributed by atoms with Crippen LogP contribution in [0.25, 0.3) is 0 Å². The summed E-state index contributed by atoms with van der Waals surface area (Å²) >= 11 is 4.98. The van der Waals surface area contributed by atoms with Crippen molar-refractivity contribution in [1.29, 1.82) is 5.26 Å². The molecule has 0 amide bonds. The number of rotatable bonds is 3. The number of hydrogen-bond donors (Lipinski definition) is 2. The fourth-order valence-corrected chi connectivity index (χ4v) is 2.94. The van der Waals surface area contributed by atoms with Gasteiger partial charge in [-0.15, -0.1) is 0 Å². The van der Waals surface area contributed by atoms with Crippen molar-refractivity contribution in [2.45, 2.75) is 4.90 Å². The molecule has 2 aromatic rings. The van der Waals surface area contributed by atoms with E-state index >= 15 is 0 Å². The molecule has 2 aromatic carbocycles. The van der Waals surface area contributed by atoms with Crippen molar-refractivity contribution in [3.05, 3.63) is 60.2 Å². The number of hydrogen-bond acceptors (Lipinski definition) is 4. The van der Waals surface area contributed by atoms with E-state index in [2.05, 4.69) is 10.0 Å². The minimum atomic E-state index is -3.70. The third-order valence-corrected chi connectivity index (χ3v) is 4.25. The summed E-state index contributed by atoms with van der Waals surface area (Å²) in [5.74, 6) is 0. The SMILES string of the molecule is N#Cc1ccc(NC(=S)NS(=O)(=O)c2ccccc2)cc1.[NaH]. The van der Waals surface area contributed by atoms with Crippen molar-refractivity contribution in [2.24, 2.45) is 0 Å². The molecule has 0 saturated carbocycles. The topological polar surface area (TPSA) is 82.0 Å². The van der Waals surface area contributed by atoms with Gasteiger partial charge in [-0.3, -0.25) is 4.72 Å². The van der Waals surface area contributed by atoms with Crippen molar-refractivity contribution in [2.75, 3.05) is 5.32 Å². The van der Waals surface area contributed by atoms with Crippen LogP contribution >= 0.6 is 12.2 Å². The molecule has 0 saturated heterocycles. The fourth-order valence-electron chi connectivity index (χ4n) is 1.57. The molecular weight excluding hydrogens is 329 g/mol. The van der Waals surface area contributed by atoms with E-state index in [0.717, 1.165) is 0 Å². The van der Waals surface area contributed by atoms with Gasteiger partial charge in [0.1, 0.15) is 0 Å². The molecular formula is C14H12N3NaO2S2. The summed E-state index contributed by atoms with van der Waals surface area (Å²) in [5.41, 5.74) is 1.10. The van der Waals surface area contributed by atoms with Crippen LogP contribution in [-0.2, 0) is 10.0 Å². The van der Waals surface area contributed by atoms with E-state index in [4.69, 9.17) is 17.5 Å². The summed E-state index contributed by atoms with van der Waals surface area (Å²) in [5, 5.41) is 11.4. The zero-order valence-corrected chi connectivity index (χ0v) is 12.4. The van der Waals surface area contributed by atoms with Gasteiger partial charge in [0.2, 0.25) is 0 Å². The first-order valence-corrected chi connectivity index (χ1v) is 7.79. The van der Waals surface area contributed by atoms with Crippen LogP contribution in [0, 0.1) is 11.3 Å². The standard InChI is InChI=1S/C14H11N3O2S2.Na.H/c15-10-11-6-8-12(9-7-11)16-14(20)17-21(18,19)13-4-2-1-3-5-13;;/h1-9H,(H2,16,17,20);;. The summed E-state index contributed by atoms with van der Waals surface area (Å²) in [7, 11) is -3.70. The summed E-state index contributed by atoms with van der Waals surface area (Å²) in [6, 6.07) is 16.4. The monoisotopic (exact) mass is 341 g/mol. The predicted molar refractivity (Wildman–Crippen MR) is 91.3 cm³/mol. The third kappa shape index (κ3) is 5.09.